The highest BCUT2D eigenvalue weighted by Gasteiger charge is 2.49. The number of nitrogens with one attached hydrogen (secondary N) is 1. The monoisotopic (exact) mass is 315 g/mol. The van der Waals surface area contributed by atoms with Gasteiger partial charge in [0.15, 0.2) is 0 Å². The minimum Gasteiger partial charge on any atom is -0.388 e. The molecule has 1 fully saturated rings. The lowest BCUT2D eigenvalue weighted by atomic mass is 9.98. The molecule has 0 aromatic rings. The van der Waals surface area contributed by atoms with Gasteiger partial charge in [-0.2, -0.15) is 13.1 Å². The third-order valence-electron chi connectivity index (χ3n) is 2.91. The summed E-state index contributed by atoms with van der Waals surface area (Å²) in [5, 5.41) is 38.2. The topological polar surface area (TPSA) is 146 Å². The van der Waals surface area contributed by atoms with Gasteiger partial charge in [0.05, 0.1) is 6.61 Å². The van der Waals surface area contributed by atoms with Crippen LogP contribution in [0.5, 0.6) is 0 Å². The smallest absolute Gasteiger partial charge is 0.336 e. The standard InChI is InChI=1S/C10H21NO8S/c1-2-3-4-11-20(16,17)19-6-10(15)9(14)8(13)7(12)5-18-10/h7-9,11-15H,2-6H2,1H3/t7-,8-,9+,10-/m1/s1. The predicted molar refractivity (Wildman–Crippen MR) is 66.7 cm³/mol. The maximum atomic E-state index is 11.4. The average molecular weight is 315 g/mol. The fourth-order valence-electron chi connectivity index (χ4n) is 1.60. The number of ether oxygens (including phenoxy) is 1. The van der Waals surface area contributed by atoms with Crippen molar-refractivity contribution in [1.82, 2.24) is 4.72 Å². The molecular weight excluding hydrogens is 294 g/mol. The molecule has 0 bridgehead atoms. The summed E-state index contributed by atoms with van der Waals surface area (Å²) in [5.41, 5.74) is 0. The Morgan fingerprint density at radius 2 is 2.05 bits per heavy atom. The van der Waals surface area contributed by atoms with E-state index < -0.39 is 47.6 Å². The number of aliphatic hydroxyl groups excluding tert-OH is 3. The predicted octanol–water partition coefficient (Wildman–Crippen LogP) is -2.56. The van der Waals surface area contributed by atoms with Crippen molar-refractivity contribution < 1.29 is 37.8 Å². The normalized spacial score (nSPS) is 35.1. The summed E-state index contributed by atoms with van der Waals surface area (Å²) in [6.45, 7) is 0.708. The highest BCUT2D eigenvalue weighted by atomic mass is 32.2. The van der Waals surface area contributed by atoms with Crippen molar-refractivity contribution in [2.75, 3.05) is 19.8 Å². The molecule has 0 aromatic carbocycles. The van der Waals surface area contributed by atoms with E-state index in [1.807, 2.05) is 6.92 Å². The second kappa shape index (κ2) is 7.09. The molecule has 10 heteroatoms. The van der Waals surface area contributed by atoms with Crippen molar-refractivity contribution in [1.29, 1.82) is 0 Å². The van der Waals surface area contributed by atoms with Gasteiger partial charge in [-0.15, -0.1) is 0 Å². The van der Waals surface area contributed by atoms with Crippen LogP contribution in [-0.2, 0) is 19.2 Å². The molecule has 1 rings (SSSR count). The minimum atomic E-state index is -4.09. The van der Waals surface area contributed by atoms with Gasteiger partial charge in [0.1, 0.15) is 24.9 Å². The number of hydrogen-bond donors (Lipinski definition) is 5. The molecule has 1 saturated heterocycles. The molecule has 0 saturated carbocycles. The van der Waals surface area contributed by atoms with Crippen LogP contribution in [0.25, 0.3) is 0 Å². The molecule has 1 aliphatic rings. The fourth-order valence-corrected chi connectivity index (χ4v) is 2.40. The van der Waals surface area contributed by atoms with E-state index in [0.29, 0.717) is 6.42 Å². The third kappa shape index (κ3) is 4.60. The van der Waals surface area contributed by atoms with Crippen LogP contribution in [0.4, 0.5) is 0 Å². The molecule has 0 spiro atoms. The lowest BCUT2D eigenvalue weighted by molar-refractivity contribution is -0.328. The zero-order chi connectivity index (χ0) is 15.4. The molecule has 0 unspecified atom stereocenters. The van der Waals surface area contributed by atoms with E-state index in [9.17, 15) is 28.8 Å². The zero-order valence-electron chi connectivity index (χ0n) is 11.1. The zero-order valence-corrected chi connectivity index (χ0v) is 11.9. The van der Waals surface area contributed by atoms with Crippen LogP contribution in [0.3, 0.4) is 0 Å². The minimum absolute atomic E-state index is 0.183. The first-order chi connectivity index (χ1) is 9.22. The van der Waals surface area contributed by atoms with E-state index in [-0.39, 0.29) is 6.54 Å². The molecular formula is C10H21NO8S. The van der Waals surface area contributed by atoms with Crippen LogP contribution in [0.15, 0.2) is 0 Å². The third-order valence-corrected chi connectivity index (χ3v) is 3.90. The number of rotatable bonds is 7. The molecule has 0 radical (unpaired) electrons. The van der Waals surface area contributed by atoms with Gasteiger partial charge in [-0.3, -0.25) is 4.18 Å². The summed E-state index contributed by atoms with van der Waals surface area (Å²) in [5.74, 6) is -2.40. The Balaban J connectivity index is 2.55. The molecule has 1 heterocycles. The first-order valence-electron chi connectivity index (χ1n) is 6.26. The van der Waals surface area contributed by atoms with Gasteiger partial charge in [-0.1, -0.05) is 13.3 Å². The molecule has 5 N–H and O–H groups in total. The van der Waals surface area contributed by atoms with E-state index in [4.69, 9.17) is 4.74 Å². The Kier molecular flexibility index (Phi) is 6.28. The Morgan fingerprint density at radius 3 is 2.65 bits per heavy atom. The Bertz CT molecular complexity index is 402. The summed E-state index contributed by atoms with van der Waals surface area (Å²) >= 11 is 0. The molecule has 0 amide bonds. The van der Waals surface area contributed by atoms with Gasteiger partial charge < -0.3 is 25.2 Å². The fraction of sp³-hybridized carbons (Fsp3) is 1.00. The highest BCUT2D eigenvalue weighted by molar-refractivity contribution is 7.84. The van der Waals surface area contributed by atoms with E-state index in [1.54, 1.807) is 0 Å². The molecule has 20 heavy (non-hydrogen) atoms. The Hall–Kier alpha value is -0.330. The largest absolute Gasteiger partial charge is 0.388 e. The Labute approximate surface area is 117 Å². The summed E-state index contributed by atoms with van der Waals surface area (Å²) < 4.78 is 34.3. The lowest BCUT2D eigenvalue weighted by Gasteiger charge is -2.40. The van der Waals surface area contributed by atoms with Crippen LogP contribution in [0.1, 0.15) is 19.8 Å². The Morgan fingerprint density at radius 1 is 1.40 bits per heavy atom. The summed E-state index contributed by atoms with van der Waals surface area (Å²) in [7, 11) is -4.09. The number of unbranched alkanes of at least 4 members (excludes halogenated alkanes) is 1. The van der Waals surface area contributed by atoms with Crippen LogP contribution in [-0.4, -0.2) is 72.7 Å². The van der Waals surface area contributed by atoms with Gasteiger partial charge in [-0.05, 0) is 6.42 Å². The summed E-state index contributed by atoms with van der Waals surface area (Å²) in [6.07, 6.45) is -3.51. The quantitative estimate of drug-likeness (QED) is 0.323. The van der Waals surface area contributed by atoms with Crippen molar-refractivity contribution in [3.63, 3.8) is 0 Å². The first-order valence-corrected chi connectivity index (χ1v) is 7.67. The van der Waals surface area contributed by atoms with Crippen molar-refractivity contribution in [3.05, 3.63) is 0 Å². The van der Waals surface area contributed by atoms with Gasteiger partial charge in [0.25, 0.3) is 0 Å². The molecule has 9 nitrogen and oxygen atoms in total. The van der Waals surface area contributed by atoms with Crippen molar-refractivity contribution in [2.24, 2.45) is 0 Å². The SMILES string of the molecule is CCCCNS(=O)(=O)OC[C@@]1(O)OC[C@@H](O)[C@@H](O)[C@@H]1O. The van der Waals surface area contributed by atoms with E-state index in [0.717, 1.165) is 6.42 Å². The van der Waals surface area contributed by atoms with Gasteiger partial charge in [0.2, 0.25) is 5.79 Å². The summed E-state index contributed by atoms with van der Waals surface area (Å²) in [4.78, 5) is 0. The van der Waals surface area contributed by atoms with Gasteiger partial charge in [-0.25, -0.2) is 0 Å². The van der Waals surface area contributed by atoms with E-state index in [1.165, 1.54) is 0 Å². The number of aliphatic hydroxyl groups is 4. The maximum Gasteiger partial charge on any atom is 0.336 e. The summed E-state index contributed by atoms with van der Waals surface area (Å²) in [6, 6.07) is 0. The van der Waals surface area contributed by atoms with Crippen molar-refractivity contribution in [2.45, 2.75) is 43.9 Å². The molecule has 1 aliphatic heterocycles. The van der Waals surface area contributed by atoms with Gasteiger partial charge >= 0.3 is 10.3 Å². The van der Waals surface area contributed by atoms with Crippen LogP contribution >= 0.6 is 0 Å². The highest BCUT2D eigenvalue weighted by Crippen LogP contribution is 2.24. The van der Waals surface area contributed by atoms with Gasteiger partial charge in [0, 0.05) is 6.54 Å². The second-order valence-corrected chi connectivity index (χ2v) is 6.06. The molecule has 4 atom stereocenters. The van der Waals surface area contributed by atoms with Crippen LogP contribution in [0, 0.1) is 0 Å². The van der Waals surface area contributed by atoms with E-state index >= 15 is 0 Å². The van der Waals surface area contributed by atoms with E-state index in [2.05, 4.69) is 8.91 Å². The first kappa shape index (κ1) is 17.7. The molecule has 0 aliphatic carbocycles. The van der Waals surface area contributed by atoms with Crippen molar-refractivity contribution >= 4 is 10.3 Å². The second-order valence-electron chi connectivity index (χ2n) is 4.62. The molecule has 0 aromatic heterocycles. The maximum absolute atomic E-state index is 11.4. The lowest BCUT2D eigenvalue weighted by Crippen LogP contribution is -2.63. The average Bonchev–Trinajstić information content (AvgIpc) is 2.40. The van der Waals surface area contributed by atoms with Crippen LogP contribution < -0.4 is 4.72 Å². The van der Waals surface area contributed by atoms with Crippen LogP contribution in [0.2, 0.25) is 0 Å². The number of hydrogen-bond acceptors (Lipinski definition) is 8. The van der Waals surface area contributed by atoms with Crippen molar-refractivity contribution in [3.8, 4) is 0 Å². The molecule has 120 valence electrons.